The van der Waals surface area contributed by atoms with Crippen LogP contribution in [0.2, 0.25) is 0 Å². The van der Waals surface area contributed by atoms with Crippen molar-refractivity contribution in [2.75, 3.05) is 19.7 Å². The van der Waals surface area contributed by atoms with Gasteiger partial charge in [-0.05, 0) is 67.5 Å². The highest BCUT2D eigenvalue weighted by Crippen LogP contribution is 2.29. The summed E-state index contributed by atoms with van der Waals surface area (Å²) >= 11 is 0. The van der Waals surface area contributed by atoms with Gasteiger partial charge in [0.15, 0.2) is 6.61 Å². The average molecular weight is 471 g/mol. The average Bonchev–Trinajstić information content (AvgIpc) is 3.13. The van der Waals surface area contributed by atoms with Crippen molar-refractivity contribution in [3.05, 3.63) is 65.2 Å². The number of fused-ring (bicyclic) bond motifs is 1. The fourth-order valence-electron chi connectivity index (χ4n) is 4.55. The Balaban J connectivity index is 1.32. The molecule has 176 valence electrons. The molecule has 4 rings (SSSR count). The van der Waals surface area contributed by atoms with E-state index >= 15 is 0 Å². The number of nitrogens with one attached hydrogen (secondary N) is 1. The second-order valence-corrected chi connectivity index (χ2v) is 10.6. The number of benzene rings is 2. The smallest absolute Gasteiger partial charge is 0.338 e. The van der Waals surface area contributed by atoms with E-state index in [2.05, 4.69) is 11.4 Å². The second-order valence-electron chi connectivity index (χ2n) is 8.63. The largest absolute Gasteiger partial charge is 0.452 e. The van der Waals surface area contributed by atoms with Crippen molar-refractivity contribution in [2.24, 2.45) is 0 Å². The summed E-state index contributed by atoms with van der Waals surface area (Å²) in [5.74, 6) is -1.02. The van der Waals surface area contributed by atoms with Crippen LogP contribution in [0.3, 0.4) is 0 Å². The number of nitrogens with zero attached hydrogens (tertiary/aromatic N) is 1. The van der Waals surface area contributed by atoms with Crippen LogP contribution in [0.5, 0.6) is 0 Å². The Morgan fingerprint density at radius 3 is 2.36 bits per heavy atom. The van der Waals surface area contributed by atoms with E-state index in [0.717, 1.165) is 50.5 Å². The van der Waals surface area contributed by atoms with Gasteiger partial charge in [0.2, 0.25) is 10.0 Å². The molecule has 33 heavy (non-hydrogen) atoms. The van der Waals surface area contributed by atoms with Gasteiger partial charge >= 0.3 is 5.97 Å². The maximum Gasteiger partial charge on any atom is 0.338 e. The van der Waals surface area contributed by atoms with Crippen LogP contribution < -0.4 is 5.32 Å². The number of hydrogen-bond donors (Lipinski definition) is 1. The third kappa shape index (κ3) is 5.62. The predicted octanol–water partition coefficient (Wildman–Crippen LogP) is 3.60. The van der Waals surface area contributed by atoms with Crippen LogP contribution in [-0.4, -0.2) is 44.3 Å². The van der Waals surface area contributed by atoms with E-state index in [0.29, 0.717) is 13.1 Å². The van der Waals surface area contributed by atoms with Crippen molar-refractivity contribution in [3.8, 4) is 0 Å². The summed E-state index contributed by atoms with van der Waals surface area (Å²) in [4.78, 5) is 24.9. The summed E-state index contributed by atoms with van der Waals surface area (Å²) in [6.07, 6.45) is 6.64. The van der Waals surface area contributed by atoms with Crippen molar-refractivity contribution >= 4 is 21.9 Å². The number of carbonyl (C=O) groups is 2. The number of sulfonamides is 1. The first-order valence-electron chi connectivity index (χ1n) is 11.6. The lowest BCUT2D eigenvalue weighted by Crippen LogP contribution is -2.34. The first-order valence-corrected chi connectivity index (χ1v) is 13.0. The third-order valence-corrected chi connectivity index (χ3v) is 8.24. The summed E-state index contributed by atoms with van der Waals surface area (Å²) in [6, 6.07) is 13.7. The monoisotopic (exact) mass is 470 g/mol. The highest BCUT2D eigenvalue weighted by Gasteiger charge is 2.26. The minimum atomic E-state index is -3.58. The number of carbonyl (C=O) groups excluding carboxylic acids is 2. The molecule has 1 atom stereocenters. The van der Waals surface area contributed by atoms with Gasteiger partial charge in [0.1, 0.15) is 0 Å². The Hall–Kier alpha value is -2.71. The quantitative estimate of drug-likeness (QED) is 0.651. The number of aryl methyl sites for hydroxylation is 1. The zero-order valence-electron chi connectivity index (χ0n) is 18.7. The third-order valence-electron chi connectivity index (χ3n) is 6.33. The molecule has 0 saturated carbocycles. The summed E-state index contributed by atoms with van der Waals surface area (Å²) in [5, 5.41) is 2.95. The molecule has 1 amide bonds. The molecule has 8 heteroatoms. The van der Waals surface area contributed by atoms with Gasteiger partial charge in [-0.15, -0.1) is 0 Å². The molecule has 0 bridgehead atoms. The Morgan fingerprint density at radius 2 is 1.64 bits per heavy atom. The standard InChI is InChI=1S/C25H30N2O5S/c28-24(26-23-11-7-9-19-8-3-4-10-22(19)23)18-32-25(29)20-12-14-21(15-13-20)33(30,31)27-16-5-1-2-6-17-27/h3-4,8,10,12-15,23H,1-2,5-7,9,11,16-18H2,(H,26,28)/t23-/m1/s1. The van der Waals surface area contributed by atoms with E-state index in [1.165, 1.54) is 34.1 Å². The van der Waals surface area contributed by atoms with Crippen LogP contribution >= 0.6 is 0 Å². The molecule has 2 aromatic rings. The Kier molecular flexibility index (Phi) is 7.45. The molecular formula is C25H30N2O5S. The van der Waals surface area contributed by atoms with E-state index in [4.69, 9.17) is 4.74 Å². The molecule has 0 unspecified atom stereocenters. The summed E-state index contributed by atoms with van der Waals surface area (Å²) < 4.78 is 32.4. The number of rotatable bonds is 6. The molecule has 0 aromatic heterocycles. The Bertz CT molecular complexity index is 1090. The highest BCUT2D eigenvalue weighted by molar-refractivity contribution is 7.89. The van der Waals surface area contributed by atoms with E-state index < -0.39 is 16.0 Å². The SMILES string of the molecule is O=C(COC(=O)c1ccc(S(=O)(=O)N2CCCCCC2)cc1)N[C@@H]1CCCc2ccccc21. The molecule has 1 fully saturated rings. The van der Waals surface area contributed by atoms with Gasteiger partial charge in [0.25, 0.3) is 5.91 Å². The zero-order chi connectivity index (χ0) is 23.3. The molecule has 0 radical (unpaired) electrons. The first kappa shape index (κ1) is 23.4. The van der Waals surface area contributed by atoms with Crippen LogP contribution in [0.1, 0.15) is 66.1 Å². The number of ether oxygens (including phenoxy) is 1. The molecule has 0 spiro atoms. The molecule has 2 aromatic carbocycles. The summed E-state index contributed by atoms with van der Waals surface area (Å²) in [5.41, 5.74) is 2.56. The van der Waals surface area contributed by atoms with Crippen LogP contribution in [0.25, 0.3) is 0 Å². The molecule has 1 aliphatic carbocycles. The van der Waals surface area contributed by atoms with Crippen molar-refractivity contribution in [3.63, 3.8) is 0 Å². The highest BCUT2D eigenvalue weighted by atomic mass is 32.2. The van der Waals surface area contributed by atoms with E-state index in [1.54, 1.807) is 0 Å². The summed E-state index contributed by atoms with van der Waals surface area (Å²) in [6.45, 7) is 0.657. The van der Waals surface area contributed by atoms with Gasteiger partial charge in [0, 0.05) is 13.1 Å². The van der Waals surface area contributed by atoms with Crippen LogP contribution in [-0.2, 0) is 26.0 Å². The van der Waals surface area contributed by atoms with Gasteiger partial charge in [0.05, 0.1) is 16.5 Å². The van der Waals surface area contributed by atoms with Crippen LogP contribution in [0.15, 0.2) is 53.4 Å². The minimum absolute atomic E-state index is 0.0790. The lowest BCUT2D eigenvalue weighted by molar-refractivity contribution is -0.125. The van der Waals surface area contributed by atoms with Crippen molar-refractivity contribution in [1.82, 2.24) is 9.62 Å². The lowest BCUT2D eigenvalue weighted by atomic mass is 9.88. The van der Waals surface area contributed by atoms with Crippen LogP contribution in [0, 0.1) is 0 Å². The van der Waals surface area contributed by atoms with Gasteiger partial charge in [-0.1, -0.05) is 37.1 Å². The second kappa shape index (κ2) is 10.5. The number of amides is 1. The first-order chi connectivity index (χ1) is 15.9. The number of hydrogen-bond acceptors (Lipinski definition) is 5. The Labute approximate surface area is 195 Å². The van der Waals surface area contributed by atoms with E-state index in [9.17, 15) is 18.0 Å². The fraction of sp³-hybridized carbons (Fsp3) is 0.440. The molecule has 2 aliphatic rings. The van der Waals surface area contributed by atoms with Crippen molar-refractivity contribution in [2.45, 2.75) is 55.9 Å². The summed E-state index contributed by atoms with van der Waals surface area (Å²) in [7, 11) is -3.58. The van der Waals surface area contributed by atoms with E-state index in [-0.39, 0.29) is 29.0 Å². The van der Waals surface area contributed by atoms with Crippen molar-refractivity contribution < 1.29 is 22.7 Å². The maximum atomic E-state index is 12.9. The molecular weight excluding hydrogens is 440 g/mol. The van der Waals surface area contributed by atoms with Crippen molar-refractivity contribution in [1.29, 1.82) is 0 Å². The predicted molar refractivity (Wildman–Crippen MR) is 124 cm³/mol. The molecule has 1 saturated heterocycles. The zero-order valence-corrected chi connectivity index (χ0v) is 19.5. The number of esters is 1. The van der Waals surface area contributed by atoms with E-state index in [1.807, 2.05) is 18.2 Å². The fourth-order valence-corrected chi connectivity index (χ4v) is 6.07. The van der Waals surface area contributed by atoms with Crippen LogP contribution in [0.4, 0.5) is 0 Å². The lowest BCUT2D eigenvalue weighted by Gasteiger charge is -2.26. The molecule has 1 heterocycles. The Morgan fingerprint density at radius 1 is 0.939 bits per heavy atom. The van der Waals surface area contributed by atoms with Gasteiger partial charge in [-0.2, -0.15) is 4.31 Å². The van der Waals surface area contributed by atoms with Gasteiger partial charge in [-0.3, -0.25) is 4.79 Å². The minimum Gasteiger partial charge on any atom is -0.452 e. The topological polar surface area (TPSA) is 92.8 Å². The molecule has 1 aliphatic heterocycles. The molecule has 7 nitrogen and oxygen atoms in total. The van der Waals surface area contributed by atoms with Gasteiger partial charge in [-0.25, -0.2) is 13.2 Å². The maximum absolute atomic E-state index is 12.9. The van der Waals surface area contributed by atoms with Gasteiger partial charge < -0.3 is 10.1 Å². The molecule has 1 N–H and O–H groups in total. The normalized spacial score (nSPS) is 19.2.